The summed E-state index contributed by atoms with van der Waals surface area (Å²) >= 11 is 0. The van der Waals surface area contributed by atoms with Gasteiger partial charge in [-0.25, -0.2) is 15.0 Å². The van der Waals surface area contributed by atoms with Crippen LogP contribution in [0, 0.1) is 11.8 Å². The van der Waals surface area contributed by atoms with E-state index in [0.29, 0.717) is 23.6 Å². The molecule has 0 unspecified atom stereocenters. The van der Waals surface area contributed by atoms with Crippen molar-refractivity contribution in [1.29, 1.82) is 0 Å². The van der Waals surface area contributed by atoms with Gasteiger partial charge in [-0.2, -0.15) is 0 Å². The summed E-state index contributed by atoms with van der Waals surface area (Å²) < 4.78 is 26.8. The number of rotatable bonds is 2. The van der Waals surface area contributed by atoms with E-state index in [-0.39, 0.29) is 6.04 Å². The van der Waals surface area contributed by atoms with Gasteiger partial charge in [0.15, 0.2) is 0 Å². The first-order chi connectivity index (χ1) is 18.7. The molecule has 2 atom stereocenters. The molecule has 2 aromatic carbocycles. The van der Waals surface area contributed by atoms with Crippen LogP contribution in [-0.4, -0.2) is 37.3 Å². The van der Waals surface area contributed by atoms with E-state index in [4.69, 9.17) is 14.8 Å². The van der Waals surface area contributed by atoms with E-state index in [9.17, 15) is 4.79 Å². The largest absolute Gasteiger partial charge is 0.331 e. The van der Waals surface area contributed by atoms with Crippen LogP contribution in [0.1, 0.15) is 81.9 Å². The molecule has 1 fully saturated rings. The maximum absolute atomic E-state index is 13.7. The van der Waals surface area contributed by atoms with E-state index in [0.717, 1.165) is 57.4 Å². The number of hydrogen-bond donors (Lipinski definition) is 1. The molecule has 7 heteroatoms. The van der Waals surface area contributed by atoms with Gasteiger partial charge in [0.05, 0.1) is 28.7 Å². The molecule has 2 aliphatic heterocycles. The second-order valence-electron chi connectivity index (χ2n) is 9.93. The average Bonchev–Trinajstić information content (AvgIpc) is 3.39. The highest BCUT2D eigenvalue weighted by Crippen LogP contribution is 2.48. The van der Waals surface area contributed by atoms with Crippen LogP contribution in [0.15, 0.2) is 48.8 Å². The van der Waals surface area contributed by atoms with Crippen molar-refractivity contribution in [2.24, 2.45) is 5.73 Å². The number of aromatic nitrogens is 4. The molecule has 2 N–H and O–H groups in total. The van der Waals surface area contributed by atoms with Crippen molar-refractivity contribution in [1.82, 2.24) is 24.4 Å². The fourth-order valence-electron chi connectivity index (χ4n) is 5.89. The molecule has 1 saturated carbocycles. The van der Waals surface area contributed by atoms with Crippen molar-refractivity contribution in [3.63, 3.8) is 0 Å². The predicted octanol–water partition coefficient (Wildman–Crippen LogP) is 4.32. The lowest BCUT2D eigenvalue weighted by atomic mass is 9.77. The minimum atomic E-state index is -2.63. The van der Waals surface area contributed by atoms with Gasteiger partial charge in [0, 0.05) is 52.2 Å². The summed E-state index contributed by atoms with van der Waals surface area (Å²) in [6, 6.07) is 10.3. The highest BCUT2D eigenvalue weighted by Gasteiger charge is 2.44. The Bertz CT molecular complexity index is 1730. The molecule has 2 bridgehead atoms. The van der Waals surface area contributed by atoms with Crippen molar-refractivity contribution in [3.05, 3.63) is 77.1 Å². The Morgan fingerprint density at radius 2 is 1.97 bits per heavy atom. The van der Waals surface area contributed by atoms with Crippen molar-refractivity contribution in [3.8, 4) is 23.0 Å². The third kappa shape index (κ3) is 2.85. The highest BCUT2D eigenvalue weighted by molar-refractivity contribution is 5.98. The third-order valence-electron chi connectivity index (χ3n) is 7.91. The number of benzene rings is 2. The minimum absolute atomic E-state index is 0.289. The van der Waals surface area contributed by atoms with Gasteiger partial charge in [-0.15, -0.1) is 5.92 Å². The zero-order valence-corrected chi connectivity index (χ0v) is 19.8. The zero-order chi connectivity index (χ0) is 27.1. The zero-order valence-electron chi connectivity index (χ0n) is 22.8. The van der Waals surface area contributed by atoms with E-state index < -0.39 is 24.5 Å². The summed E-state index contributed by atoms with van der Waals surface area (Å²) in [4.78, 5) is 28.7. The van der Waals surface area contributed by atoms with Crippen LogP contribution in [0.3, 0.4) is 0 Å². The second kappa shape index (κ2) is 7.49. The van der Waals surface area contributed by atoms with Crippen LogP contribution in [0.5, 0.6) is 0 Å². The van der Waals surface area contributed by atoms with Gasteiger partial charge >= 0.3 is 0 Å². The van der Waals surface area contributed by atoms with Crippen LogP contribution in [0.2, 0.25) is 0 Å². The van der Waals surface area contributed by atoms with Gasteiger partial charge in [0.1, 0.15) is 11.6 Å². The number of nitrogens with two attached hydrogens (primary N) is 1. The van der Waals surface area contributed by atoms with Crippen LogP contribution in [0.25, 0.3) is 22.2 Å². The molecular formula is C29H26N6O. The monoisotopic (exact) mass is 477 g/mol. The highest BCUT2D eigenvalue weighted by atomic mass is 16.2. The number of amides is 1. The quantitative estimate of drug-likeness (QED) is 0.434. The lowest BCUT2D eigenvalue weighted by molar-refractivity contribution is 0.0734. The predicted molar refractivity (Wildman–Crippen MR) is 137 cm³/mol. The lowest BCUT2D eigenvalue weighted by Crippen LogP contribution is -2.44. The molecule has 1 amide bonds. The number of nitrogens with zero attached hydrogens (tertiary/aromatic N) is 5. The van der Waals surface area contributed by atoms with Crippen LogP contribution < -0.4 is 5.73 Å². The van der Waals surface area contributed by atoms with Crippen molar-refractivity contribution < 1.29 is 8.91 Å². The summed E-state index contributed by atoms with van der Waals surface area (Å²) in [6.07, 6.45) is 6.90. The fraction of sp³-hybridized carbons (Fsp3) is 0.310. The second-order valence-corrected chi connectivity index (χ2v) is 9.93. The average molecular weight is 478 g/mol. The van der Waals surface area contributed by atoms with Crippen LogP contribution >= 0.6 is 0 Å². The maximum Gasteiger partial charge on any atom is 0.254 e. The van der Waals surface area contributed by atoms with Crippen LogP contribution in [-0.2, 0) is 5.54 Å². The van der Waals surface area contributed by atoms with Gasteiger partial charge in [-0.05, 0) is 56.0 Å². The smallest absolute Gasteiger partial charge is 0.254 e. The van der Waals surface area contributed by atoms with E-state index in [2.05, 4.69) is 26.4 Å². The minimum Gasteiger partial charge on any atom is -0.331 e. The molecule has 0 saturated heterocycles. The van der Waals surface area contributed by atoms with Gasteiger partial charge in [-0.1, -0.05) is 18.1 Å². The summed E-state index contributed by atoms with van der Waals surface area (Å²) in [5, 5.41) is 0. The first kappa shape index (κ1) is 18.3. The molecule has 4 aromatic rings. The van der Waals surface area contributed by atoms with Gasteiger partial charge in [-0.3, -0.25) is 4.79 Å². The number of carbonyl (C=O) groups excluding carboxylic acids is 1. The molecule has 7 rings (SSSR count). The molecule has 0 radical (unpaired) electrons. The first-order valence-corrected chi connectivity index (χ1v) is 12.2. The summed E-state index contributed by atoms with van der Waals surface area (Å²) in [6.45, 7) is -0.877. The number of imidazole rings is 1. The van der Waals surface area contributed by atoms with Gasteiger partial charge < -0.3 is 15.2 Å². The third-order valence-corrected chi connectivity index (χ3v) is 7.91. The molecule has 7 nitrogen and oxygen atoms in total. The standard InChI is InChI=1S/C29H26N6O/c1-3-6-17-7-4-8-20-25(17)23-14-24(34(2)27(20)36)26-33-21-10-9-18(13-22(21)35(23)26)19-15-31-28(32-16-19)29(30)11-5-12-29/h4,7-10,13,15-16,23-24H,5,11-12,14,30H2,1-2H3/t23-,24-/m1/s1/i2D3. The van der Waals surface area contributed by atoms with E-state index >= 15 is 0 Å². The Labute approximate surface area is 213 Å². The lowest BCUT2D eigenvalue weighted by Gasteiger charge is -2.36. The topological polar surface area (TPSA) is 89.9 Å². The summed E-state index contributed by atoms with van der Waals surface area (Å²) in [5.74, 6) is 6.81. The van der Waals surface area contributed by atoms with E-state index in [1.807, 2.05) is 24.3 Å². The maximum atomic E-state index is 13.7. The Kier molecular flexibility index (Phi) is 3.80. The number of hydrogen-bond acceptors (Lipinski definition) is 5. The molecule has 3 aliphatic rings. The number of carbonyl (C=O) groups is 1. The summed E-state index contributed by atoms with van der Waals surface area (Å²) in [7, 11) is 0. The Morgan fingerprint density at radius 1 is 1.14 bits per heavy atom. The SMILES string of the molecule is [2H]C([2H])([2H])N1C(=O)c2cccc(C#CC)c2[C@H]2C[C@@H]1c1nc3ccc(-c4cnc(C5(N)CCC5)nc4)cc3n12. The normalized spacial score (nSPS) is 22.9. The first-order valence-electron chi connectivity index (χ1n) is 13.7. The Hall–Kier alpha value is -4.02. The molecule has 178 valence electrons. The molecule has 1 aliphatic carbocycles. The van der Waals surface area contributed by atoms with Crippen molar-refractivity contribution in [2.75, 3.05) is 6.98 Å². The molecule has 4 heterocycles. The Morgan fingerprint density at radius 3 is 2.69 bits per heavy atom. The molecule has 2 aromatic heterocycles. The van der Waals surface area contributed by atoms with Crippen LogP contribution in [0.4, 0.5) is 0 Å². The molecular weight excluding hydrogens is 448 g/mol. The number of fused-ring (bicyclic) bond motifs is 9. The van der Waals surface area contributed by atoms with Crippen molar-refractivity contribution >= 4 is 16.9 Å². The Balaban J connectivity index is 1.41. The van der Waals surface area contributed by atoms with E-state index in [1.54, 1.807) is 31.5 Å². The van der Waals surface area contributed by atoms with Crippen molar-refractivity contribution in [2.45, 2.75) is 50.2 Å². The van der Waals surface area contributed by atoms with Gasteiger partial charge in [0.2, 0.25) is 0 Å². The van der Waals surface area contributed by atoms with E-state index in [1.165, 1.54) is 0 Å². The molecule has 0 spiro atoms. The summed E-state index contributed by atoms with van der Waals surface area (Å²) in [5.41, 5.74) is 11.2. The molecule has 36 heavy (non-hydrogen) atoms. The van der Waals surface area contributed by atoms with Gasteiger partial charge in [0.25, 0.3) is 5.91 Å². The fourth-order valence-corrected chi connectivity index (χ4v) is 5.89.